The third-order valence-electron chi connectivity index (χ3n) is 3.69. The maximum Gasteiger partial charge on any atom is 0.337 e. The minimum Gasteiger partial charge on any atom is -0.488 e. The second kappa shape index (κ2) is 7.08. The number of allylic oxidation sites excluding steroid dienone is 1. The molecule has 0 aliphatic carbocycles. The maximum atomic E-state index is 11.4. The van der Waals surface area contributed by atoms with Crippen LogP contribution in [0.4, 0.5) is 0 Å². The van der Waals surface area contributed by atoms with Gasteiger partial charge in [-0.15, -0.1) is 6.58 Å². The fourth-order valence-electron chi connectivity index (χ4n) is 2.43. The van der Waals surface area contributed by atoms with Gasteiger partial charge in [-0.05, 0) is 30.2 Å². The van der Waals surface area contributed by atoms with Gasteiger partial charge in [-0.3, -0.25) is 0 Å². The molecule has 0 aromatic heterocycles. The van der Waals surface area contributed by atoms with Gasteiger partial charge in [0.2, 0.25) is 6.79 Å². The number of carbonyl (C=O) groups excluding carboxylic acids is 1. The minimum atomic E-state index is -0.355. The van der Waals surface area contributed by atoms with Gasteiger partial charge in [-0.1, -0.05) is 18.2 Å². The molecule has 0 saturated heterocycles. The number of rotatable bonds is 6. The second-order valence-corrected chi connectivity index (χ2v) is 5.28. The number of carbonyl (C=O) groups is 1. The molecule has 2 aromatic carbocycles. The summed E-state index contributed by atoms with van der Waals surface area (Å²) in [5.41, 5.74) is 2.45. The maximum absolute atomic E-state index is 11.4. The van der Waals surface area contributed by atoms with Crippen LogP contribution in [0.2, 0.25) is 0 Å². The first kappa shape index (κ1) is 15.9. The summed E-state index contributed by atoms with van der Waals surface area (Å²) in [5, 5.41) is 0. The van der Waals surface area contributed by atoms with Crippen molar-refractivity contribution in [3.05, 3.63) is 65.7 Å². The van der Waals surface area contributed by atoms with Crippen LogP contribution in [0.5, 0.6) is 17.2 Å². The van der Waals surface area contributed by atoms with Crippen LogP contribution in [0.1, 0.15) is 21.5 Å². The molecule has 0 fully saturated rings. The van der Waals surface area contributed by atoms with Gasteiger partial charge in [-0.2, -0.15) is 0 Å². The lowest BCUT2D eigenvalue weighted by molar-refractivity contribution is 0.0600. The molecule has 0 bridgehead atoms. The van der Waals surface area contributed by atoms with E-state index in [1.54, 1.807) is 12.1 Å². The Bertz CT molecular complexity index is 749. The molecule has 0 N–H and O–H groups in total. The van der Waals surface area contributed by atoms with E-state index >= 15 is 0 Å². The summed E-state index contributed by atoms with van der Waals surface area (Å²) in [5.74, 6) is 1.78. The van der Waals surface area contributed by atoms with E-state index in [0.29, 0.717) is 24.3 Å². The third kappa shape index (κ3) is 3.35. The molecular formula is C19H18O5. The summed E-state index contributed by atoms with van der Waals surface area (Å²) in [6.07, 6.45) is 2.49. The van der Waals surface area contributed by atoms with Gasteiger partial charge in [0.1, 0.15) is 12.4 Å². The highest BCUT2D eigenvalue weighted by Crippen LogP contribution is 2.38. The number of hydrogen-bond acceptors (Lipinski definition) is 5. The molecule has 0 unspecified atom stereocenters. The highest BCUT2D eigenvalue weighted by molar-refractivity contribution is 5.89. The number of benzene rings is 2. The molecule has 124 valence electrons. The monoisotopic (exact) mass is 326 g/mol. The summed E-state index contributed by atoms with van der Waals surface area (Å²) in [6.45, 7) is 4.38. The van der Waals surface area contributed by atoms with Gasteiger partial charge < -0.3 is 18.9 Å². The van der Waals surface area contributed by atoms with Gasteiger partial charge >= 0.3 is 5.97 Å². The van der Waals surface area contributed by atoms with E-state index in [0.717, 1.165) is 22.6 Å². The lowest BCUT2D eigenvalue weighted by Crippen LogP contribution is -2.02. The minimum absolute atomic E-state index is 0.224. The molecule has 0 saturated carbocycles. The van der Waals surface area contributed by atoms with E-state index in [4.69, 9.17) is 14.2 Å². The molecule has 1 heterocycles. The Morgan fingerprint density at radius 2 is 1.92 bits per heavy atom. The van der Waals surface area contributed by atoms with E-state index in [1.165, 1.54) is 7.11 Å². The first-order valence-corrected chi connectivity index (χ1v) is 7.54. The summed E-state index contributed by atoms with van der Waals surface area (Å²) in [6, 6.07) is 10.9. The molecule has 5 heteroatoms. The summed E-state index contributed by atoms with van der Waals surface area (Å²) in [7, 11) is 1.36. The van der Waals surface area contributed by atoms with Crippen LogP contribution < -0.4 is 14.2 Å². The van der Waals surface area contributed by atoms with Crippen molar-refractivity contribution in [2.24, 2.45) is 0 Å². The Labute approximate surface area is 140 Å². The first-order valence-electron chi connectivity index (χ1n) is 7.54. The van der Waals surface area contributed by atoms with Crippen molar-refractivity contribution in [1.29, 1.82) is 0 Å². The van der Waals surface area contributed by atoms with Gasteiger partial charge in [0.15, 0.2) is 11.5 Å². The molecule has 0 atom stereocenters. The van der Waals surface area contributed by atoms with E-state index in [1.807, 2.05) is 30.3 Å². The molecule has 2 aromatic rings. The van der Waals surface area contributed by atoms with Crippen molar-refractivity contribution in [2.75, 3.05) is 13.9 Å². The van der Waals surface area contributed by atoms with Crippen LogP contribution in [0.25, 0.3) is 0 Å². The Hall–Kier alpha value is -2.95. The molecule has 5 nitrogen and oxygen atoms in total. The molecular weight excluding hydrogens is 308 g/mol. The van der Waals surface area contributed by atoms with Crippen LogP contribution in [0.3, 0.4) is 0 Å². The zero-order valence-electron chi connectivity index (χ0n) is 13.4. The summed E-state index contributed by atoms with van der Waals surface area (Å²) < 4.78 is 21.4. The van der Waals surface area contributed by atoms with Crippen LogP contribution in [0.15, 0.2) is 49.1 Å². The highest BCUT2D eigenvalue weighted by Gasteiger charge is 2.17. The number of esters is 1. The van der Waals surface area contributed by atoms with Gasteiger partial charge in [0.05, 0.1) is 12.7 Å². The van der Waals surface area contributed by atoms with Crippen LogP contribution >= 0.6 is 0 Å². The molecule has 1 aliphatic heterocycles. The zero-order chi connectivity index (χ0) is 16.9. The average molecular weight is 326 g/mol. The van der Waals surface area contributed by atoms with Crippen molar-refractivity contribution in [1.82, 2.24) is 0 Å². The standard InChI is InChI=1S/C19H18O5/c1-3-4-15-9-17-18(24-12-23-17)10-16(15)22-11-13-5-7-14(8-6-13)19(20)21-2/h3,5-10H,1,4,11-12H2,2H3. The largest absolute Gasteiger partial charge is 0.488 e. The Balaban J connectivity index is 1.74. The van der Waals surface area contributed by atoms with Crippen LogP contribution in [0, 0.1) is 0 Å². The van der Waals surface area contributed by atoms with Gasteiger partial charge in [-0.25, -0.2) is 4.79 Å². The molecule has 24 heavy (non-hydrogen) atoms. The fraction of sp³-hybridized carbons (Fsp3) is 0.211. The lowest BCUT2D eigenvalue weighted by Gasteiger charge is -2.12. The third-order valence-corrected chi connectivity index (χ3v) is 3.69. The SMILES string of the molecule is C=CCc1cc2c(cc1OCc1ccc(C(=O)OC)cc1)OCO2. The van der Waals surface area contributed by atoms with E-state index < -0.39 is 0 Å². The molecule has 1 aliphatic rings. The Morgan fingerprint density at radius 3 is 2.58 bits per heavy atom. The lowest BCUT2D eigenvalue weighted by atomic mass is 10.1. The van der Waals surface area contributed by atoms with Crippen LogP contribution in [-0.4, -0.2) is 19.9 Å². The zero-order valence-corrected chi connectivity index (χ0v) is 13.4. The molecule has 0 radical (unpaired) electrons. The van der Waals surface area contributed by atoms with Crippen molar-refractivity contribution in [3.63, 3.8) is 0 Å². The molecule has 0 spiro atoms. The van der Waals surface area contributed by atoms with Crippen molar-refractivity contribution >= 4 is 5.97 Å². The topological polar surface area (TPSA) is 54.0 Å². The number of methoxy groups -OCH3 is 1. The molecule has 3 rings (SSSR count). The Kier molecular flexibility index (Phi) is 4.70. The number of fused-ring (bicyclic) bond motifs is 1. The smallest absolute Gasteiger partial charge is 0.337 e. The predicted octanol–water partition coefficient (Wildman–Crippen LogP) is 3.51. The number of hydrogen-bond donors (Lipinski definition) is 0. The first-order chi connectivity index (χ1) is 11.7. The summed E-state index contributed by atoms with van der Waals surface area (Å²) in [4.78, 5) is 11.4. The van der Waals surface area contributed by atoms with E-state index in [2.05, 4.69) is 11.3 Å². The van der Waals surface area contributed by atoms with Crippen LogP contribution in [-0.2, 0) is 17.8 Å². The van der Waals surface area contributed by atoms with Crippen molar-refractivity contribution in [3.8, 4) is 17.2 Å². The fourth-order valence-corrected chi connectivity index (χ4v) is 2.43. The van der Waals surface area contributed by atoms with Gasteiger partial charge in [0.25, 0.3) is 0 Å². The van der Waals surface area contributed by atoms with Crippen molar-refractivity contribution < 1.29 is 23.7 Å². The Morgan fingerprint density at radius 1 is 1.21 bits per heavy atom. The normalized spacial score (nSPS) is 11.9. The average Bonchev–Trinajstić information content (AvgIpc) is 3.07. The second-order valence-electron chi connectivity index (χ2n) is 5.28. The highest BCUT2D eigenvalue weighted by atomic mass is 16.7. The molecule has 0 amide bonds. The summed E-state index contributed by atoms with van der Waals surface area (Å²) >= 11 is 0. The quantitative estimate of drug-likeness (QED) is 0.600. The van der Waals surface area contributed by atoms with Gasteiger partial charge in [0, 0.05) is 11.6 Å². The van der Waals surface area contributed by atoms with E-state index in [9.17, 15) is 4.79 Å². The van der Waals surface area contributed by atoms with Crippen molar-refractivity contribution in [2.45, 2.75) is 13.0 Å². The number of ether oxygens (including phenoxy) is 4. The predicted molar refractivity (Wildman–Crippen MR) is 88.6 cm³/mol. The van der Waals surface area contributed by atoms with E-state index in [-0.39, 0.29) is 12.8 Å².